The van der Waals surface area contributed by atoms with Crippen LogP contribution >= 0.6 is 11.3 Å². The molecule has 1 unspecified atom stereocenters. The fourth-order valence-corrected chi connectivity index (χ4v) is 6.65. The Labute approximate surface area is 203 Å². The molecule has 5 nitrogen and oxygen atoms in total. The lowest BCUT2D eigenvalue weighted by Crippen LogP contribution is -2.38. The van der Waals surface area contributed by atoms with E-state index in [1.807, 2.05) is 58.7 Å². The monoisotopic (exact) mass is 469 g/mol. The smallest absolute Gasteiger partial charge is 0.322 e. The van der Waals surface area contributed by atoms with E-state index in [0.29, 0.717) is 6.54 Å². The molecule has 0 bridgehead atoms. The molecule has 4 aromatic rings. The molecule has 0 fully saturated rings. The molecule has 2 aromatic heterocycles. The van der Waals surface area contributed by atoms with Gasteiger partial charge in [0, 0.05) is 22.3 Å². The van der Waals surface area contributed by atoms with Crippen molar-refractivity contribution in [2.24, 2.45) is 0 Å². The highest BCUT2D eigenvalue weighted by Gasteiger charge is 2.36. The molecule has 1 atom stereocenters. The molecule has 1 N–H and O–H groups in total. The summed E-state index contributed by atoms with van der Waals surface area (Å²) in [6.45, 7) is 0.588. The zero-order chi connectivity index (χ0) is 23.1. The zero-order valence-corrected chi connectivity index (χ0v) is 20.0. The molecular formula is C28H27N3O2S. The Morgan fingerprint density at radius 1 is 0.971 bits per heavy atom. The Hall–Kier alpha value is -3.51. The molecular weight excluding hydrogens is 442 g/mol. The summed E-state index contributed by atoms with van der Waals surface area (Å²) in [6.07, 6.45) is 6.86. The standard InChI is InChI=1S/C28H27N3O2S/c1-33-21-15-13-20(14-16-21)29-28(32)31-18-23-22-10-5-6-12-25(22)34-27(23)30-17-7-11-24(30)26(31)19-8-3-2-4-9-19/h2-4,7-9,11,13-17,26H,5-6,10,12,18H2,1H3,(H,29,32). The normalized spacial score (nSPS) is 16.7. The SMILES string of the molecule is COc1ccc(NC(=O)N2Cc3c(sc4c3CCCC4)-n3cccc3C2c2ccccc2)cc1. The van der Waals surface area contributed by atoms with Gasteiger partial charge in [0.15, 0.2) is 0 Å². The number of methoxy groups -OCH3 is 1. The summed E-state index contributed by atoms with van der Waals surface area (Å²) < 4.78 is 7.59. The summed E-state index contributed by atoms with van der Waals surface area (Å²) >= 11 is 1.91. The maximum Gasteiger partial charge on any atom is 0.322 e. The predicted octanol–water partition coefficient (Wildman–Crippen LogP) is 6.56. The first kappa shape index (κ1) is 21.1. The number of fused-ring (bicyclic) bond motifs is 5. The van der Waals surface area contributed by atoms with E-state index in [1.54, 1.807) is 7.11 Å². The van der Waals surface area contributed by atoms with Crippen LogP contribution < -0.4 is 10.1 Å². The van der Waals surface area contributed by atoms with Gasteiger partial charge in [-0.25, -0.2) is 4.79 Å². The number of amides is 2. The van der Waals surface area contributed by atoms with Gasteiger partial charge < -0.3 is 19.5 Å². The Kier molecular flexibility index (Phi) is 5.38. The van der Waals surface area contributed by atoms with E-state index < -0.39 is 0 Å². The first-order valence-electron chi connectivity index (χ1n) is 11.8. The molecule has 34 heavy (non-hydrogen) atoms. The molecule has 2 aromatic carbocycles. The van der Waals surface area contributed by atoms with Crippen LogP contribution in [0, 0.1) is 0 Å². The number of nitrogens with one attached hydrogen (secondary N) is 1. The molecule has 0 spiro atoms. The van der Waals surface area contributed by atoms with E-state index in [2.05, 4.69) is 40.3 Å². The van der Waals surface area contributed by atoms with E-state index in [0.717, 1.165) is 35.5 Å². The molecule has 2 aliphatic rings. The Morgan fingerprint density at radius 2 is 1.76 bits per heavy atom. The van der Waals surface area contributed by atoms with Gasteiger partial charge in [-0.2, -0.15) is 0 Å². The van der Waals surface area contributed by atoms with Crippen LogP contribution in [0.3, 0.4) is 0 Å². The minimum Gasteiger partial charge on any atom is -0.497 e. The van der Waals surface area contributed by atoms with Gasteiger partial charge in [0.05, 0.1) is 25.4 Å². The summed E-state index contributed by atoms with van der Waals surface area (Å²) in [4.78, 5) is 17.4. The number of benzene rings is 2. The lowest BCUT2D eigenvalue weighted by atomic mass is 9.95. The van der Waals surface area contributed by atoms with Crippen LogP contribution in [0.5, 0.6) is 5.75 Å². The summed E-state index contributed by atoms with van der Waals surface area (Å²) in [6, 6.07) is 21.8. The van der Waals surface area contributed by atoms with Crippen molar-refractivity contribution in [3.05, 3.63) is 100 Å². The van der Waals surface area contributed by atoms with E-state index >= 15 is 0 Å². The third-order valence-corrected chi connectivity index (χ3v) is 8.23. The summed E-state index contributed by atoms with van der Waals surface area (Å²) in [5.74, 6) is 0.766. The second-order valence-corrected chi connectivity index (χ2v) is 9.98. The quantitative estimate of drug-likeness (QED) is 0.369. The molecule has 0 saturated heterocycles. The van der Waals surface area contributed by atoms with Crippen molar-refractivity contribution in [3.8, 4) is 10.8 Å². The summed E-state index contributed by atoms with van der Waals surface area (Å²) in [7, 11) is 1.64. The predicted molar refractivity (Wildman–Crippen MR) is 136 cm³/mol. The number of urea groups is 1. The first-order valence-corrected chi connectivity index (χ1v) is 12.6. The number of aryl methyl sites for hydroxylation is 1. The Bertz CT molecular complexity index is 1320. The van der Waals surface area contributed by atoms with Crippen LogP contribution in [0.1, 0.15) is 46.1 Å². The van der Waals surface area contributed by atoms with Gasteiger partial charge in [0.1, 0.15) is 10.8 Å². The number of hydrogen-bond donors (Lipinski definition) is 1. The highest BCUT2D eigenvalue weighted by molar-refractivity contribution is 7.15. The number of ether oxygens (including phenoxy) is 1. The van der Waals surface area contributed by atoms with Crippen molar-refractivity contribution in [1.29, 1.82) is 0 Å². The van der Waals surface area contributed by atoms with Crippen molar-refractivity contribution in [2.45, 2.75) is 38.3 Å². The van der Waals surface area contributed by atoms with E-state index in [4.69, 9.17) is 4.74 Å². The van der Waals surface area contributed by atoms with Gasteiger partial charge >= 0.3 is 6.03 Å². The topological polar surface area (TPSA) is 46.5 Å². The lowest BCUT2D eigenvalue weighted by Gasteiger charge is -2.31. The molecule has 172 valence electrons. The van der Waals surface area contributed by atoms with Crippen LogP contribution in [-0.2, 0) is 19.4 Å². The van der Waals surface area contributed by atoms with Crippen molar-refractivity contribution in [3.63, 3.8) is 0 Å². The van der Waals surface area contributed by atoms with Gasteiger partial charge in [-0.1, -0.05) is 30.3 Å². The van der Waals surface area contributed by atoms with Crippen molar-refractivity contribution in [2.75, 3.05) is 12.4 Å². The minimum atomic E-state index is -0.187. The largest absolute Gasteiger partial charge is 0.497 e. The highest BCUT2D eigenvalue weighted by atomic mass is 32.1. The number of thiophene rings is 1. The molecule has 0 radical (unpaired) electrons. The zero-order valence-electron chi connectivity index (χ0n) is 19.2. The third kappa shape index (κ3) is 3.59. The summed E-state index contributed by atoms with van der Waals surface area (Å²) in [5, 5.41) is 4.41. The van der Waals surface area contributed by atoms with Gasteiger partial charge in [0.25, 0.3) is 0 Å². The Balaban J connectivity index is 1.46. The molecule has 6 rings (SSSR count). The number of nitrogens with zero attached hydrogens (tertiary/aromatic N) is 2. The summed E-state index contributed by atoms with van der Waals surface area (Å²) in [5.41, 5.74) is 5.75. The van der Waals surface area contributed by atoms with Crippen LogP contribution in [0.15, 0.2) is 72.9 Å². The van der Waals surface area contributed by atoms with Gasteiger partial charge in [-0.05, 0) is 73.2 Å². The number of aromatic nitrogens is 1. The molecule has 1 aliphatic carbocycles. The fourth-order valence-electron chi connectivity index (χ4n) is 5.24. The van der Waals surface area contributed by atoms with Gasteiger partial charge in [0.2, 0.25) is 0 Å². The third-order valence-electron chi connectivity index (χ3n) is 6.90. The molecule has 3 heterocycles. The van der Waals surface area contributed by atoms with Crippen LogP contribution in [0.4, 0.5) is 10.5 Å². The second kappa shape index (κ2) is 8.69. The van der Waals surface area contributed by atoms with Crippen molar-refractivity contribution < 1.29 is 9.53 Å². The molecule has 0 saturated carbocycles. The van der Waals surface area contributed by atoms with E-state index in [1.165, 1.54) is 33.8 Å². The number of carbonyl (C=O) groups is 1. The van der Waals surface area contributed by atoms with Crippen LogP contribution in [0.2, 0.25) is 0 Å². The van der Waals surface area contributed by atoms with E-state index in [-0.39, 0.29) is 12.1 Å². The van der Waals surface area contributed by atoms with Crippen LogP contribution in [0.25, 0.3) is 5.00 Å². The average molecular weight is 470 g/mol. The molecule has 1 aliphatic heterocycles. The molecule has 2 amide bonds. The molecule has 6 heteroatoms. The van der Waals surface area contributed by atoms with E-state index in [9.17, 15) is 4.79 Å². The maximum absolute atomic E-state index is 13.9. The first-order chi connectivity index (χ1) is 16.7. The minimum absolute atomic E-state index is 0.102. The lowest BCUT2D eigenvalue weighted by molar-refractivity contribution is 0.194. The maximum atomic E-state index is 13.9. The average Bonchev–Trinajstić information content (AvgIpc) is 3.47. The number of hydrogen-bond acceptors (Lipinski definition) is 3. The number of carbonyl (C=O) groups excluding carboxylic acids is 1. The number of anilines is 1. The van der Waals surface area contributed by atoms with Gasteiger partial charge in [-0.3, -0.25) is 0 Å². The number of rotatable bonds is 3. The van der Waals surface area contributed by atoms with Crippen LogP contribution in [-0.4, -0.2) is 22.6 Å². The van der Waals surface area contributed by atoms with Gasteiger partial charge in [-0.15, -0.1) is 11.3 Å². The fraction of sp³-hybridized carbons (Fsp3) is 0.250. The van der Waals surface area contributed by atoms with Crippen molar-refractivity contribution >= 4 is 23.1 Å². The van der Waals surface area contributed by atoms with Crippen molar-refractivity contribution in [1.82, 2.24) is 9.47 Å². The second-order valence-electron chi connectivity index (χ2n) is 8.90. The highest BCUT2D eigenvalue weighted by Crippen LogP contribution is 2.44. The Morgan fingerprint density at radius 3 is 2.56 bits per heavy atom.